The van der Waals surface area contributed by atoms with Crippen LogP contribution < -0.4 is 14.8 Å². The van der Waals surface area contributed by atoms with Gasteiger partial charge in [0.2, 0.25) is 10.0 Å². The summed E-state index contributed by atoms with van der Waals surface area (Å²) < 4.78 is 39.0. The molecule has 0 spiro atoms. The number of sulfonamides is 1. The molecule has 1 amide bonds. The van der Waals surface area contributed by atoms with Crippen LogP contribution in [0.25, 0.3) is 11.0 Å². The molecular formula is C22H24N2O5S. The third kappa shape index (κ3) is 4.34. The molecule has 8 heteroatoms. The summed E-state index contributed by atoms with van der Waals surface area (Å²) in [5.74, 6) is 0.863. The summed E-state index contributed by atoms with van der Waals surface area (Å²) in [6.45, 7) is 4.24. The van der Waals surface area contributed by atoms with Gasteiger partial charge >= 0.3 is 0 Å². The van der Waals surface area contributed by atoms with Crippen molar-refractivity contribution in [2.45, 2.75) is 43.7 Å². The van der Waals surface area contributed by atoms with Crippen LogP contribution in [0.1, 0.15) is 48.8 Å². The summed E-state index contributed by atoms with van der Waals surface area (Å²) in [6.07, 6.45) is 1.69. The molecule has 0 bridgehead atoms. The van der Waals surface area contributed by atoms with Crippen molar-refractivity contribution in [3.05, 3.63) is 59.9 Å². The summed E-state index contributed by atoms with van der Waals surface area (Å²) in [5.41, 5.74) is 0.904. The fourth-order valence-electron chi connectivity index (χ4n) is 3.18. The van der Waals surface area contributed by atoms with Crippen LogP contribution in [0.15, 0.2) is 57.8 Å². The zero-order chi connectivity index (χ0) is 21.3. The largest absolute Gasteiger partial charge is 0.490 e. The molecule has 1 aromatic heterocycles. The SMILES string of the molecule is CCOc1cccc2cc(C(C)NC(=O)c3cccc(S(=O)(=O)NC4CC4)c3)oc12. The first-order valence-electron chi connectivity index (χ1n) is 9.96. The van der Waals surface area contributed by atoms with Gasteiger partial charge in [-0.25, -0.2) is 13.1 Å². The number of amides is 1. The van der Waals surface area contributed by atoms with Gasteiger partial charge in [-0.2, -0.15) is 0 Å². The summed E-state index contributed by atoms with van der Waals surface area (Å²) >= 11 is 0. The maximum atomic E-state index is 12.7. The van der Waals surface area contributed by atoms with Gasteiger partial charge in [-0.3, -0.25) is 4.79 Å². The number of fused-ring (bicyclic) bond motifs is 1. The molecule has 1 aliphatic carbocycles. The molecule has 0 aliphatic heterocycles. The van der Waals surface area contributed by atoms with Crippen molar-refractivity contribution >= 4 is 26.9 Å². The van der Waals surface area contributed by atoms with E-state index in [2.05, 4.69) is 10.0 Å². The highest BCUT2D eigenvalue weighted by molar-refractivity contribution is 7.89. The van der Waals surface area contributed by atoms with E-state index in [1.807, 2.05) is 38.1 Å². The molecule has 1 heterocycles. The Morgan fingerprint density at radius 2 is 1.97 bits per heavy atom. The van der Waals surface area contributed by atoms with Crippen LogP contribution in [0.4, 0.5) is 0 Å². The van der Waals surface area contributed by atoms with E-state index in [0.29, 0.717) is 23.7 Å². The molecule has 7 nitrogen and oxygen atoms in total. The molecule has 1 atom stereocenters. The van der Waals surface area contributed by atoms with Gasteiger partial charge in [0.25, 0.3) is 5.91 Å². The van der Waals surface area contributed by atoms with E-state index in [1.54, 1.807) is 12.1 Å². The lowest BCUT2D eigenvalue weighted by atomic mass is 10.1. The van der Waals surface area contributed by atoms with Crippen LogP contribution in [0, 0.1) is 0 Å². The molecule has 1 saturated carbocycles. The zero-order valence-corrected chi connectivity index (χ0v) is 17.7. The maximum absolute atomic E-state index is 12.7. The standard InChI is InChI=1S/C22H24N2O5S/c1-3-28-19-9-5-6-15-13-20(29-21(15)19)14(2)23-22(25)16-7-4-8-18(12-16)30(26,27)24-17-10-11-17/h4-9,12-14,17,24H,3,10-11H2,1-2H3,(H,23,25). The minimum atomic E-state index is -3.62. The topological polar surface area (TPSA) is 97.6 Å². The predicted octanol–water partition coefficient (Wildman–Crippen LogP) is 3.76. The van der Waals surface area contributed by atoms with E-state index in [1.165, 1.54) is 12.1 Å². The van der Waals surface area contributed by atoms with Crippen LogP contribution in [0.5, 0.6) is 5.75 Å². The number of hydrogen-bond acceptors (Lipinski definition) is 5. The molecule has 158 valence electrons. The fourth-order valence-corrected chi connectivity index (χ4v) is 4.53. The van der Waals surface area contributed by atoms with Crippen molar-refractivity contribution in [1.82, 2.24) is 10.0 Å². The molecule has 1 fully saturated rings. The van der Waals surface area contributed by atoms with Crippen LogP contribution in [-0.2, 0) is 10.0 Å². The van der Waals surface area contributed by atoms with Crippen molar-refractivity contribution in [3.63, 3.8) is 0 Å². The van der Waals surface area contributed by atoms with Crippen molar-refractivity contribution in [3.8, 4) is 5.75 Å². The Morgan fingerprint density at radius 3 is 2.70 bits per heavy atom. The Kier molecular flexibility index (Phi) is 5.53. The first-order chi connectivity index (χ1) is 14.4. The monoisotopic (exact) mass is 428 g/mol. The highest BCUT2D eigenvalue weighted by Crippen LogP contribution is 2.31. The number of carbonyl (C=O) groups is 1. The summed E-state index contributed by atoms with van der Waals surface area (Å²) in [4.78, 5) is 12.8. The number of benzene rings is 2. The third-order valence-corrected chi connectivity index (χ3v) is 6.43. The highest BCUT2D eigenvalue weighted by atomic mass is 32.2. The van der Waals surface area contributed by atoms with Gasteiger partial charge < -0.3 is 14.5 Å². The number of ether oxygens (including phenoxy) is 1. The fraction of sp³-hybridized carbons (Fsp3) is 0.318. The molecule has 30 heavy (non-hydrogen) atoms. The Morgan fingerprint density at radius 1 is 1.20 bits per heavy atom. The van der Waals surface area contributed by atoms with Crippen LogP contribution in [0.2, 0.25) is 0 Å². The molecule has 1 aliphatic rings. The van der Waals surface area contributed by atoms with Gasteiger partial charge in [-0.15, -0.1) is 0 Å². The molecule has 4 rings (SSSR count). The lowest BCUT2D eigenvalue weighted by Crippen LogP contribution is -2.28. The second-order valence-corrected chi connectivity index (χ2v) is 9.09. The minimum Gasteiger partial charge on any atom is -0.490 e. The van der Waals surface area contributed by atoms with Crippen molar-refractivity contribution in [1.29, 1.82) is 0 Å². The van der Waals surface area contributed by atoms with Crippen molar-refractivity contribution in [2.75, 3.05) is 6.61 Å². The van der Waals surface area contributed by atoms with E-state index >= 15 is 0 Å². The smallest absolute Gasteiger partial charge is 0.251 e. The normalized spacial score (nSPS) is 15.1. The van der Waals surface area contributed by atoms with E-state index < -0.39 is 16.1 Å². The molecular weight excluding hydrogens is 404 g/mol. The number of hydrogen-bond donors (Lipinski definition) is 2. The maximum Gasteiger partial charge on any atom is 0.251 e. The number of para-hydroxylation sites is 1. The van der Waals surface area contributed by atoms with Gasteiger partial charge in [0.1, 0.15) is 5.76 Å². The molecule has 3 aromatic rings. The number of rotatable bonds is 8. The Hall–Kier alpha value is -2.84. The summed E-state index contributed by atoms with van der Waals surface area (Å²) in [5, 5.41) is 3.75. The van der Waals surface area contributed by atoms with Gasteiger partial charge in [0.15, 0.2) is 11.3 Å². The third-order valence-electron chi connectivity index (χ3n) is 4.91. The summed E-state index contributed by atoms with van der Waals surface area (Å²) in [6, 6.07) is 13.1. The number of nitrogens with one attached hydrogen (secondary N) is 2. The lowest BCUT2D eigenvalue weighted by molar-refractivity contribution is 0.0935. The lowest BCUT2D eigenvalue weighted by Gasteiger charge is -2.12. The Labute approximate surface area is 175 Å². The van der Waals surface area contributed by atoms with Gasteiger partial charge in [0, 0.05) is 17.0 Å². The summed E-state index contributed by atoms with van der Waals surface area (Å²) in [7, 11) is -3.62. The first kappa shape index (κ1) is 20.4. The predicted molar refractivity (Wildman–Crippen MR) is 113 cm³/mol. The van der Waals surface area contributed by atoms with Crippen LogP contribution in [0.3, 0.4) is 0 Å². The van der Waals surface area contributed by atoms with E-state index in [0.717, 1.165) is 18.2 Å². The number of furan rings is 1. The van der Waals surface area contributed by atoms with Gasteiger partial charge in [0.05, 0.1) is 17.5 Å². The Bertz CT molecular complexity index is 1180. The minimum absolute atomic E-state index is 0.00201. The highest BCUT2D eigenvalue weighted by Gasteiger charge is 2.28. The zero-order valence-electron chi connectivity index (χ0n) is 16.8. The average molecular weight is 429 g/mol. The van der Waals surface area contributed by atoms with E-state index in [4.69, 9.17) is 9.15 Å². The second kappa shape index (κ2) is 8.12. The molecule has 1 unspecified atom stereocenters. The molecule has 2 aromatic carbocycles. The van der Waals surface area contributed by atoms with Crippen molar-refractivity contribution in [2.24, 2.45) is 0 Å². The average Bonchev–Trinajstić information content (AvgIpc) is 3.41. The van der Waals surface area contributed by atoms with Gasteiger partial charge in [-0.1, -0.05) is 18.2 Å². The first-order valence-corrected chi connectivity index (χ1v) is 11.4. The van der Waals surface area contributed by atoms with E-state index in [-0.39, 0.29) is 22.4 Å². The molecule has 0 radical (unpaired) electrons. The van der Waals surface area contributed by atoms with Gasteiger partial charge in [-0.05, 0) is 57.0 Å². The molecule has 0 saturated heterocycles. The Balaban J connectivity index is 1.52. The van der Waals surface area contributed by atoms with E-state index in [9.17, 15) is 13.2 Å². The van der Waals surface area contributed by atoms with Crippen LogP contribution >= 0.6 is 0 Å². The van der Waals surface area contributed by atoms with Crippen LogP contribution in [-0.4, -0.2) is 27.0 Å². The quantitative estimate of drug-likeness (QED) is 0.569. The second-order valence-electron chi connectivity index (χ2n) is 7.37. The van der Waals surface area contributed by atoms with Crippen molar-refractivity contribution < 1.29 is 22.4 Å². The number of carbonyl (C=O) groups excluding carboxylic acids is 1. The molecule has 2 N–H and O–H groups in total.